The minimum Gasteiger partial charge on any atom is -0.497 e. The van der Waals surface area contributed by atoms with Crippen LogP contribution in [0.3, 0.4) is 0 Å². The molecule has 3 rings (SSSR count). The molecule has 0 spiro atoms. The number of nitrogens with one attached hydrogen (secondary N) is 1. The second-order valence-corrected chi connectivity index (χ2v) is 5.88. The standard InChI is InChI=1S/C22H23NO3/c1-24-20-13-9-18(10-14-20)22(23-26-3,17-7-5-4-6-8-17)19-11-15-21(25-2)16-12-19/h4-16,23H,1-3H3. The molecule has 0 fully saturated rings. The summed E-state index contributed by atoms with van der Waals surface area (Å²) in [4.78, 5) is 5.47. The van der Waals surface area contributed by atoms with E-state index in [2.05, 4.69) is 17.6 Å². The van der Waals surface area contributed by atoms with Crippen molar-refractivity contribution in [2.24, 2.45) is 0 Å². The average Bonchev–Trinajstić information content (AvgIpc) is 2.73. The zero-order chi connectivity index (χ0) is 18.4. The summed E-state index contributed by atoms with van der Waals surface area (Å²) in [5.41, 5.74) is 5.71. The van der Waals surface area contributed by atoms with Gasteiger partial charge in [0, 0.05) is 0 Å². The van der Waals surface area contributed by atoms with E-state index in [4.69, 9.17) is 14.3 Å². The summed E-state index contributed by atoms with van der Waals surface area (Å²) < 4.78 is 10.6. The smallest absolute Gasteiger partial charge is 0.118 e. The molecule has 3 aromatic rings. The molecule has 26 heavy (non-hydrogen) atoms. The van der Waals surface area contributed by atoms with E-state index in [1.807, 2.05) is 66.7 Å². The van der Waals surface area contributed by atoms with Crippen molar-refractivity contribution < 1.29 is 14.3 Å². The lowest BCUT2D eigenvalue weighted by Crippen LogP contribution is -2.44. The van der Waals surface area contributed by atoms with Gasteiger partial charge >= 0.3 is 0 Å². The molecule has 0 aliphatic rings. The third-order valence-corrected chi connectivity index (χ3v) is 4.51. The molecule has 0 heterocycles. The zero-order valence-electron chi connectivity index (χ0n) is 15.2. The van der Waals surface area contributed by atoms with Crippen LogP contribution in [-0.2, 0) is 10.4 Å². The van der Waals surface area contributed by atoms with E-state index in [0.717, 1.165) is 28.2 Å². The van der Waals surface area contributed by atoms with E-state index < -0.39 is 5.54 Å². The predicted octanol–water partition coefficient (Wildman–Crippen LogP) is 4.15. The fourth-order valence-electron chi connectivity index (χ4n) is 3.20. The molecule has 0 atom stereocenters. The van der Waals surface area contributed by atoms with Crippen molar-refractivity contribution in [3.63, 3.8) is 0 Å². The van der Waals surface area contributed by atoms with Gasteiger partial charge in [-0.15, -0.1) is 0 Å². The molecule has 0 unspecified atom stereocenters. The van der Waals surface area contributed by atoms with Gasteiger partial charge in [0.15, 0.2) is 0 Å². The van der Waals surface area contributed by atoms with Crippen LogP contribution in [0.2, 0.25) is 0 Å². The molecule has 0 bridgehead atoms. The van der Waals surface area contributed by atoms with Crippen molar-refractivity contribution in [3.8, 4) is 11.5 Å². The second kappa shape index (κ2) is 8.04. The molecule has 0 aliphatic carbocycles. The fourth-order valence-corrected chi connectivity index (χ4v) is 3.20. The Balaban J connectivity index is 2.23. The van der Waals surface area contributed by atoms with Crippen LogP contribution in [0.1, 0.15) is 16.7 Å². The number of rotatable bonds is 7. The Bertz CT molecular complexity index is 767. The maximum atomic E-state index is 5.47. The first-order chi connectivity index (χ1) is 12.7. The fraction of sp³-hybridized carbons (Fsp3) is 0.182. The van der Waals surface area contributed by atoms with Gasteiger partial charge in [-0.3, -0.25) is 0 Å². The molecule has 0 saturated heterocycles. The van der Waals surface area contributed by atoms with Crippen molar-refractivity contribution in [1.29, 1.82) is 0 Å². The third-order valence-electron chi connectivity index (χ3n) is 4.51. The normalized spacial score (nSPS) is 11.2. The molecule has 134 valence electrons. The van der Waals surface area contributed by atoms with E-state index in [-0.39, 0.29) is 0 Å². The highest BCUT2D eigenvalue weighted by atomic mass is 16.6. The molecular weight excluding hydrogens is 326 g/mol. The van der Waals surface area contributed by atoms with Crippen molar-refractivity contribution >= 4 is 0 Å². The molecule has 4 nitrogen and oxygen atoms in total. The zero-order valence-corrected chi connectivity index (χ0v) is 15.2. The molecule has 0 aromatic heterocycles. The Morgan fingerprint density at radius 2 is 1.00 bits per heavy atom. The van der Waals surface area contributed by atoms with Crippen LogP contribution in [0.5, 0.6) is 11.5 Å². The minimum atomic E-state index is -0.672. The topological polar surface area (TPSA) is 39.7 Å². The van der Waals surface area contributed by atoms with Gasteiger partial charge in [-0.25, -0.2) is 0 Å². The summed E-state index contributed by atoms with van der Waals surface area (Å²) >= 11 is 0. The van der Waals surface area contributed by atoms with E-state index in [1.165, 1.54) is 0 Å². The quantitative estimate of drug-likeness (QED) is 0.514. The van der Waals surface area contributed by atoms with Gasteiger partial charge < -0.3 is 14.3 Å². The van der Waals surface area contributed by atoms with Gasteiger partial charge in [0.05, 0.1) is 21.3 Å². The molecule has 0 aliphatic heterocycles. The minimum absolute atomic E-state index is 0.672. The summed E-state index contributed by atoms with van der Waals surface area (Å²) in [6.07, 6.45) is 0. The highest BCUT2D eigenvalue weighted by molar-refractivity contribution is 5.51. The van der Waals surface area contributed by atoms with E-state index in [1.54, 1.807) is 21.3 Å². The highest BCUT2D eigenvalue weighted by Gasteiger charge is 2.36. The van der Waals surface area contributed by atoms with Crippen molar-refractivity contribution in [2.75, 3.05) is 21.3 Å². The van der Waals surface area contributed by atoms with Gasteiger partial charge in [-0.1, -0.05) is 54.6 Å². The number of methoxy groups -OCH3 is 2. The molecule has 4 heteroatoms. The van der Waals surface area contributed by atoms with Gasteiger partial charge in [0.2, 0.25) is 0 Å². The third kappa shape index (κ3) is 3.29. The lowest BCUT2D eigenvalue weighted by atomic mass is 9.77. The van der Waals surface area contributed by atoms with Crippen LogP contribution in [0.4, 0.5) is 0 Å². The van der Waals surface area contributed by atoms with Crippen molar-refractivity contribution in [2.45, 2.75) is 5.54 Å². The van der Waals surface area contributed by atoms with Crippen LogP contribution < -0.4 is 15.0 Å². The molecule has 3 aromatic carbocycles. The largest absolute Gasteiger partial charge is 0.497 e. The number of benzene rings is 3. The van der Waals surface area contributed by atoms with Crippen LogP contribution in [-0.4, -0.2) is 21.3 Å². The van der Waals surface area contributed by atoms with Gasteiger partial charge in [-0.05, 0) is 41.0 Å². The van der Waals surface area contributed by atoms with Crippen LogP contribution in [0.15, 0.2) is 78.9 Å². The Labute approximate surface area is 154 Å². The second-order valence-electron chi connectivity index (χ2n) is 5.88. The molecular formula is C22H23NO3. The first-order valence-electron chi connectivity index (χ1n) is 8.39. The molecule has 1 N–H and O–H groups in total. The van der Waals surface area contributed by atoms with Crippen LogP contribution in [0, 0.1) is 0 Å². The Hall–Kier alpha value is -2.82. The SMILES string of the molecule is CONC(c1ccccc1)(c1ccc(OC)cc1)c1ccc(OC)cc1. The first-order valence-corrected chi connectivity index (χ1v) is 8.39. The summed E-state index contributed by atoms with van der Waals surface area (Å²) in [5, 5.41) is 0. The van der Waals surface area contributed by atoms with E-state index >= 15 is 0 Å². The summed E-state index contributed by atoms with van der Waals surface area (Å²) in [6.45, 7) is 0. The van der Waals surface area contributed by atoms with Crippen molar-refractivity contribution in [1.82, 2.24) is 5.48 Å². The van der Waals surface area contributed by atoms with Gasteiger partial charge in [0.25, 0.3) is 0 Å². The lowest BCUT2D eigenvalue weighted by molar-refractivity contribution is 0.0428. The summed E-state index contributed by atoms with van der Waals surface area (Å²) in [7, 11) is 4.96. The predicted molar refractivity (Wildman–Crippen MR) is 102 cm³/mol. The van der Waals surface area contributed by atoms with E-state index in [0.29, 0.717) is 0 Å². The lowest BCUT2D eigenvalue weighted by Gasteiger charge is -2.35. The number of hydrogen-bond donors (Lipinski definition) is 1. The number of hydrogen-bond acceptors (Lipinski definition) is 4. The van der Waals surface area contributed by atoms with E-state index in [9.17, 15) is 0 Å². The Morgan fingerprint density at radius 3 is 1.38 bits per heavy atom. The maximum absolute atomic E-state index is 5.47. The van der Waals surface area contributed by atoms with Crippen molar-refractivity contribution in [3.05, 3.63) is 95.6 Å². The number of hydroxylamine groups is 1. The molecule has 0 saturated carbocycles. The monoisotopic (exact) mass is 349 g/mol. The van der Waals surface area contributed by atoms with Gasteiger partial charge in [-0.2, -0.15) is 5.48 Å². The van der Waals surface area contributed by atoms with Crippen LogP contribution in [0.25, 0.3) is 0 Å². The maximum Gasteiger partial charge on any atom is 0.118 e. The highest BCUT2D eigenvalue weighted by Crippen LogP contribution is 2.38. The van der Waals surface area contributed by atoms with Gasteiger partial charge in [0.1, 0.15) is 17.0 Å². The molecule has 0 amide bonds. The van der Waals surface area contributed by atoms with Crippen LogP contribution >= 0.6 is 0 Å². The summed E-state index contributed by atoms with van der Waals surface area (Å²) in [6, 6.07) is 26.2. The first kappa shape index (κ1) is 18.0. The Morgan fingerprint density at radius 1 is 0.577 bits per heavy atom. The Kier molecular flexibility index (Phi) is 5.56. The number of ether oxygens (including phenoxy) is 2. The molecule has 0 radical (unpaired) electrons. The summed E-state index contributed by atoms with van der Waals surface area (Å²) in [5.74, 6) is 1.62. The average molecular weight is 349 g/mol.